The number of benzene rings is 1. The van der Waals surface area contributed by atoms with Gasteiger partial charge in [-0.2, -0.15) is 18.2 Å². The van der Waals surface area contributed by atoms with Crippen LogP contribution < -0.4 is 9.44 Å². The lowest BCUT2D eigenvalue weighted by Crippen LogP contribution is -2.45. The van der Waals surface area contributed by atoms with Crippen LogP contribution in [0.2, 0.25) is 5.02 Å². The maximum Gasteiger partial charge on any atom is 0.301 e. The van der Waals surface area contributed by atoms with Gasteiger partial charge in [-0.05, 0) is 50.1 Å². The molecule has 1 fully saturated rings. The molecule has 1 amide bonds. The molecule has 0 bridgehead atoms. The summed E-state index contributed by atoms with van der Waals surface area (Å²) >= 11 is 6.10. The van der Waals surface area contributed by atoms with Crippen LogP contribution >= 0.6 is 11.6 Å². The topological polar surface area (TPSA) is 98.0 Å². The Morgan fingerprint density at radius 2 is 1.97 bits per heavy atom. The van der Waals surface area contributed by atoms with Gasteiger partial charge in [0.1, 0.15) is 5.82 Å². The Hall–Kier alpha value is -2.62. The quantitative estimate of drug-likeness (QED) is 0.532. The molecule has 0 saturated heterocycles. The molecule has 1 aliphatic rings. The standard InChI is InChI=1S/C22H26ClN5O3S/c1-15-19(9-11-21(29)26-32(30,31)25-18-6-4-3-5-7-18)22(27(2)24-15)28-13-12-16-14-17(23)8-10-20(16)28/h8-14,18,25H,3-7H2,1-2H3,(H,26,29). The number of nitrogens with one attached hydrogen (secondary N) is 2. The number of carbonyl (C=O) groups excluding carboxylic acids is 1. The van der Waals surface area contributed by atoms with Crippen molar-refractivity contribution in [3.63, 3.8) is 0 Å². The molecule has 1 aliphatic carbocycles. The average Bonchev–Trinajstić information content (AvgIpc) is 3.25. The van der Waals surface area contributed by atoms with Crippen LogP contribution in [-0.2, 0) is 22.1 Å². The third-order valence-corrected chi connectivity index (χ3v) is 7.03. The summed E-state index contributed by atoms with van der Waals surface area (Å²) in [4.78, 5) is 12.4. The number of aryl methyl sites for hydroxylation is 2. The molecule has 0 radical (unpaired) electrons. The molecule has 2 aromatic heterocycles. The molecule has 4 rings (SSSR count). The van der Waals surface area contributed by atoms with E-state index in [2.05, 4.69) is 14.5 Å². The molecular weight excluding hydrogens is 450 g/mol. The minimum Gasteiger partial charge on any atom is -0.301 e. The number of hydrogen-bond acceptors (Lipinski definition) is 4. The molecule has 1 saturated carbocycles. The Labute approximate surface area is 192 Å². The zero-order valence-electron chi connectivity index (χ0n) is 18.0. The van der Waals surface area contributed by atoms with Crippen molar-refractivity contribution < 1.29 is 13.2 Å². The van der Waals surface area contributed by atoms with Crippen LogP contribution in [0.5, 0.6) is 0 Å². The zero-order valence-corrected chi connectivity index (χ0v) is 19.6. The molecule has 10 heteroatoms. The Kier molecular flexibility index (Phi) is 6.41. The van der Waals surface area contributed by atoms with Gasteiger partial charge in [-0.25, -0.2) is 4.72 Å². The summed E-state index contributed by atoms with van der Waals surface area (Å²) in [5.74, 6) is 0.0405. The van der Waals surface area contributed by atoms with E-state index < -0.39 is 16.1 Å². The second-order valence-electron chi connectivity index (χ2n) is 8.09. The predicted molar refractivity (Wildman–Crippen MR) is 126 cm³/mol. The number of hydrogen-bond donors (Lipinski definition) is 2. The first kappa shape index (κ1) is 22.6. The van der Waals surface area contributed by atoms with Crippen LogP contribution in [0.1, 0.15) is 43.4 Å². The van der Waals surface area contributed by atoms with Gasteiger partial charge >= 0.3 is 10.2 Å². The highest BCUT2D eigenvalue weighted by molar-refractivity contribution is 7.88. The van der Waals surface area contributed by atoms with Crippen LogP contribution in [-0.4, -0.2) is 34.7 Å². The summed E-state index contributed by atoms with van der Waals surface area (Å²) in [5.41, 5.74) is 2.37. The molecule has 2 N–H and O–H groups in total. The predicted octanol–water partition coefficient (Wildman–Crippen LogP) is 3.62. The lowest BCUT2D eigenvalue weighted by atomic mass is 9.96. The summed E-state index contributed by atoms with van der Waals surface area (Å²) in [5, 5.41) is 6.10. The second-order valence-corrected chi connectivity index (χ2v) is 9.97. The Morgan fingerprint density at radius 1 is 1.22 bits per heavy atom. The van der Waals surface area contributed by atoms with Crippen LogP contribution in [0.15, 0.2) is 36.5 Å². The molecule has 32 heavy (non-hydrogen) atoms. The SMILES string of the molecule is Cc1nn(C)c(-n2ccc3cc(Cl)ccc32)c1C=CC(=O)NS(=O)(=O)NC1CCCCC1. The summed E-state index contributed by atoms with van der Waals surface area (Å²) in [6.45, 7) is 1.84. The molecule has 0 unspecified atom stereocenters. The average molecular weight is 476 g/mol. The van der Waals surface area contributed by atoms with E-state index in [4.69, 9.17) is 11.6 Å². The largest absolute Gasteiger partial charge is 0.301 e. The van der Waals surface area contributed by atoms with Gasteiger partial charge < -0.3 is 4.57 Å². The van der Waals surface area contributed by atoms with E-state index in [0.717, 1.165) is 48.8 Å². The van der Waals surface area contributed by atoms with Crippen LogP contribution in [0, 0.1) is 6.92 Å². The molecule has 0 aliphatic heterocycles. The van der Waals surface area contributed by atoms with Crippen molar-refractivity contribution in [1.82, 2.24) is 23.8 Å². The summed E-state index contributed by atoms with van der Waals surface area (Å²) in [6, 6.07) is 7.44. The molecule has 2 heterocycles. The first-order valence-electron chi connectivity index (χ1n) is 10.6. The second kappa shape index (κ2) is 9.09. The van der Waals surface area contributed by atoms with Crippen molar-refractivity contribution in [3.8, 4) is 5.82 Å². The van der Waals surface area contributed by atoms with Gasteiger partial charge in [0.15, 0.2) is 0 Å². The fourth-order valence-electron chi connectivity index (χ4n) is 4.24. The lowest BCUT2D eigenvalue weighted by molar-refractivity contribution is -0.114. The van der Waals surface area contributed by atoms with Gasteiger partial charge in [-0.3, -0.25) is 9.48 Å². The Bertz CT molecular complexity index is 1290. The van der Waals surface area contributed by atoms with Gasteiger partial charge in [0.2, 0.25) is 0 Å². The van der Waals surface area contributed by atoms with Crippen molar-refractivity contribution in [2.45, 2.75) is 45.1 Å². The van der Waals surface area contributed by atoms with Crippen LogP contribution in [0.4, 0.5) is 0 Å². The van der Waals surface area contributed by atoms with E-state index in [1.165, 1.54) is 6.08 Å². The molecule has 0 atom stereocenters. The maximum absolute atomic E-state index is 12.4. The van der Waals surface area contributed by atoms with E-state index in [-0.39, 0.29) is 6.04 Å². The summed E-state index contributed by atoms with van der Waals surface area (Å²) in [6.07, 6.45) is 9.39. The molecule has 1 aromatic carbocycles. The first-order valence-corrected chi connectivity index (χ1v) is 12.4. The van der Waals surface area contributed by atoms with Gasteiger partial charge in [-0.15, -0.1) is 0 Å². The Balaban J connectivity index is 1.56. The first-order chi connectivity index (χ1) is 15.2. The monoisotopic (exact) mass is 475 g/mol. The van der Waals surface area contributed by atoms with Gasteiger partial charge in [0.05, 0.1) is 11.2 Å². The maximum atomic E-state index is 12.4. The van der Waals surface area contributed by atoms with Crippen molar-refractivity contribution >= 4 is 44.7 Å². The fourth-order valence-corrected chi connectivity index (χ4v) is 5.48. The highest BCUT2D eigenvalue weighted by Crippen LogP contribution is 2.27. The molecular formula is C22H26ClN5O3S. The van der Waals surface area contributed by atoms with E-state index in [1.807, 2.05) is 49.0 Å². The van der Waals surface area contributed by atoms with Crippen LogP contribution in [0.3, 0.4) is 0 Å². The van der Waals surface area contributed by atoms with Crippen molar-refractivity contribution in [1.29, 1.82) is 0 Å². The number of fused-ring (bicyclic) bond motifs is 1. The molecule has 8 nitrogen and oxygen atoms in total. The number of carbonyl (C=O) groups is 1. The lowest BCUT2D eigenvalue weighted by Gasteiger charge is -2.22. The number of aromatic nitrogens is 3. The molecule has 170 valence electrons. The smallest absolute Gasteiger partial charge is 0.301 e. The summed E-state index contributed by atoms with van der Waals surface area (Å²) < 4.78 is 33.0. The van der Waals surface area contributed by atoms with E-state index >= 15 is 0 Å². The number of nitrogens with zero attached hydrogens (tertiary/aromatic N) is 3. The number of amides is 1. The summed E-state index contributed by atoms with van der Waals surface area (Å²) in [7, 11) is -2.10. The molecule has 0 spiro atoms. The van der Waals surface area contributed by atoms with Crippen molar-refractivity contribution in [3.05, 3.63) is 52.8 Å². The normalized spacial score (nSPS) is 15.6. The van der Waals surface area contributed by atoms with E-state index in [1.54, 1.807) is 10.8 Å². The number of halogens is 1. The van der Waals surface area contributed by atoms with Crippen molar-refractivity contribution in [2.24, 2.45) is 7.05 Å². The highest BCUT2D eigenvalue weighted by atomic mass is 35.5. The highest BCUT2D eigenvalue weighted by Gasteiger charge is 2.21. The number of rotatable bonds is 6. The zero-order chi connectivity index (χ0) is 22.9. The third kappa shape index (κ3) is 4.90. The van der Waals surface area contributed by atoms with Gasteiger partial charge in [-0.1, -0.05) is 30.9 Å². The van der Waals surface area contributed by atoms with Crippen molar-refractivity contribution in [2.75, 3.05) is 0 Å². The van der Waals surface area contributed by atoms with Gasteiger partial charge in [0.25, 0.3) is 5.91 Å². The fraction of sp³-hybridized carbons (Fsp3) is 0.364. The van der Waals surface area contributed by atoms with Crippen LogP contribution in [0.25, 0.3) is 22.8 Å². The Morgan fingerprint density at radius 3 is 2.72 bits per heavy atom. The van der Waals surface area contributed by atoms with E-state index in [0.29, 0.717) is 16.3 Å². The van der Waals surface area contributed by atoms with E-state index in [9.17, 15) is 13.2 Å². The van der Waals surface area contributed by atoms with Gasteiger partial charge in [0, 0.05) is 41.3 Å². The minimum atomic E-state index is -3.92. The minimum absolute atomic E-state index is 0.124. The third-order valence-electron chi connectivity index (χ3n) is 5.68. The molecule has 3 aromatic rings.